The second-order valence-corrected chi connectivity index (χ2v) is 13.9. The van der Waals surface area contributed by atoms with E-state index in [9.17, 15) is 58.3 Å². The number of hydrogen-bond donors (Lipinski definition) is 9. The smallest absolute Gasteiger partial charge is 0.397 e. The summed E-state index contributed by atoms with van der Waals surface area (Å²) >= 11 is 0. The number of unbranched alkanes of at least 4 members (excludes halogenated alkanes) is 5. The minimum atomic E-state index is -5.27. The number of nitrogens with one attached hydrogen (secondary N) is 1. The molecule has 3 saturated heterocycles. The Kier molecular flexibility index (Phi) is 17.9. The monoisotopic (exact) mass is 779 g/mol. The Hall–Kier alpha value is -1.71. The molecule has 3 heterocycles. The van der Waals surface area contributed by atoms with Crippen molar-refractivity contribution in [3.63, 3.8) is 0 Å². The summed E-state index contributed by atoms with van der Waals surface area (Å²) in [7, 11) is -3.94. The van der Waals surface area contributed by atoms with Crippen molar-refractivity contribution < 1.29 is 95.6 Å². The van der Waals surface area contributed by atoms with E-state index in [1.807, 2.05) is 0 Å². The number of ether oxygens (including phenoxy) is 7. The fourth-order valence-electron chi connectivity index (χ4n) is 6.14. The Balaban J connectivity index is 1.86. The van der Waals surface area contributed by atoms with Crippen molar-refractivity contribution in [1.82, 2.24) is 5.32 Å². The van der Waals surface area contributed by atoms with Crippen molar-refractivity contribution in [2.45, 2.75) is 151 Å². The highest BCUT2D eigenvalue weighted by Crippen LogP contribution is 2.34. The summed E-state index contributed by atoms with van der Waals surface area (Å²) in [5.74, 6) is -0.901. The fourth-order valence-corrected chi connectivity index (χ4v) is 6.65. The number of carbonyl (C=O) groups excluding carboxylic acids is 2. The maximum Gasteiger partial charge on any atom is 0.397 e. The van der Waals surface area contributed by atoms with E-state index in [4.69, 9.17) is 28.4 Å². The molecule has 1 amide bonds. The second-order valence-electron chi connectivity index (χ2n) is 12.8. The van der Waals surface area contributed by atoms with Gasteiger partial charge in [-0.15, -0.1) is 0 Å². The molecule has 0 radical (unpaired) electrons. The molecule has 304 valence electrons. The van der Waals surface area contributed by atoms with E-state index in [2.05, 4.69) is 14.2 Å². The summed E-state index contributed by atoms with van der Waals surface area (Å²) in [4.78, 5) is 23.8. The van der Waals surface area contributed by atoms with E-state index in [0.29, 0.717) is 19.3 Å². The minimum Gasteiger partial charge on any atom is -0.469 e. The highest BCUT2D eigenvalue weighted by Gasteiger charge is 2.55. The van der Waals surface area contributed by atoms with Gasteiger partial charge in [-0.3, -0.25) is 14.1 Å². The number of carbonyl (C=O) groups is 2. The molecule has 21 nitrogen and oxygen atoms in total. The SMILES string of the molecule is COC(=O)CCCCCCCCO[C@@H]1O[C@H](CO)[C@H](O[C@@H]2O[C@H](CO)[C@H](O)[C@H](OS(=O)(=O)O)[C@H]2O)[C@H](O[C@@H]2O[C@@H](C)[C@@H](O)[C@@H](O)[C@@H]2O)[C@H]1NC(C)=O. The van der Waals surface area contributed by atoms with Crippen LogP contribution in [0.1, 0.15) is 58.8 Å². The Morgan fingerprint density at radius 2 is 1.29 bits per heavy atom. The van der Waals surface area contributed by atoms with Crippen LogP contribution >= 0.6 is 0 Å². The molecule has 0 aromatic rings. The molecule has 0 aromatic heterocycles. The number of amides is 1. The Bertz CT molecular complexity index is 1210. The van der Waals surface area contributed by atoms with E-state index < -0.39 is 122 Å². The molecule has 22 heteroatoms. The van der Waals surface area contributed by atoms with Gasteiger partial charge < -0.3 is 74.2 Å². The van der Waals surface area contributed by atoms with Gasteiger partial charge in [0.05, 0.1) is 26.4 Å². The lowest BCUT2D eigenvalue weighted by molar-refractivity contribution is -0.372. The zero-order chi connectivity index (χ0) is 38.7. The van der Waals surface area contributed by atoms with Gasteiger partial charge in [-0.2, -0.15) is 8.42 Å². The molecular formula is C30H53NO20S. The zero-order valence-electron chi connectivity index (χ0n) is 29.1. The van der Waals surface area contributed by atoms with Gasteiger partial charge in [0.2, 0.25) is 5.91 Å². The summed E-state index contributed by atoms with van der Waals surface area (Å²) in [5.41, 5.74) is 0. The van der Waals surface area contributed by atoms with Gasteiger partial charge in [-0.1, -0.05) is 25.7 Å². The Labute approximate surface area is 300 Å². The van der Waals surface area contributed by atoms with Crippen LogP contribution in [-0.4, -0.2) is 180 Å². The van der Waals surface area contributed by atoms with Crippen molar-refractivity contribution in [1.29, 1.82) is 0 Å². The molecule has 52 heavy (non-hydrogen) atoms. The van der Waals surface area contributed by atoms with Gasteiger partial charge in [-0.05, 0) is 19.8 Å². The van der Waals surface area contributed by atoms with Crippen LogP contribution in [-0.2, 0) is 57.3 Å². The molecular weight excluding hydrogens is 726 g/mol. The molecule has 0 saturated carbocycles. The first-order chi connectivity index (χ1) is 24.5. The van der Waals surface area contributed by atoms with Crippen LogP contribution in [0.25, 0.3) is 0 Å². The predicted molar refractivity (Wildman–Crippen MR) is 170 cm³/mol. The maximum atomic E-state index is 12.5. The number of methoxy groups -OCH3 is 1. The third-order valence-electron chi connectivity index (χ3n) is 8.93. The minimum absolute atomic E-state index is 0.0962. The van der Waals surface area contributed by atoms with Gasteiger partial charge in [0.15, 0.2) is 18.9 Å². The number of esters is 1. The van der Waals surface area contributed by atoms with Gasteiger partial charge in [0.25, 0.3) is 0 Å². The molecule has 9 N–H and O–H groups in total. The third kappa shape index (κ3) is 12.4. The van der Waals surface area contributed by atoms with Crippen LogP contribution in [0.15, 0.2) is 0 Å². The van der Waals surface area contributed by atoms with Crippen molar-refractivity contribution in [2.24, 2.45) is 0 Å². The van der Waals surface area contributed by atoms with Gasteiger partial charge >= 0.3 is 16.4 Å². The summed E-state index contributed by atoms with van der Waals surface area (Å²) in [6.07, 6.45) is -19.0. The summed E-state index contributed by atoms with van der Waals surface area (Å²) in [6.45, 7) is 0.882. The van der Waals surface area contributed by atoms with Crippen molar-refractivity contribution in [2.75, 3.05) is 26.9 Å². The molecule has 0 bridgehead atoms. The Morgan fingerprint density at radius 1 is 0.712 bits per heavy atom. The van der Waals surface area contributed by atoms with E-state index in [1.54, 1.807) is 0 Å². The number of hydrogen-bond acceptors (Lipinski definition) is 19. The topological polar surface area (TPSA) is 316 Å². The molecule has 0 spiro atoms. The molecule has 0 unspecified atom stereocenters. The van der Waals surface area contributed by atoms with Gasteiger partial charge in [-0.25, -0.2) is 4.18 Å². The van der Waals surface area contributed by atoms with Gasteiger partial charge in [0.1, 0.15) is 67.1 Å². The van der Waals surface area contributed by atoms with Crippen LogP contribution in [0.4, 0.5) is 0 Å². The number of rotatable bonds is 19. The van der Waals surface area contributed by atoms with Crippen LogP contribution in [0.2, 0.25) is 0 Å². The molecule has 0 aliphatic carbocycles. The highest BCUT2D eigenvalue weighted by atomic mass is 32.3. The quantitative estimate of drug-likeness (QED) is 0.0347. The van der Waals surface area contributed by atoms with Crippen LogP contribution in [0, 0.1) is 0 Å². The largest absolute Gasteiger partial charge is 0.469 e. The average molecular weight is 780 g/mol. The molecule has 15 atom stereocenters. The van der Waals surface area contributed by atoms with Crippen LogP contribution in [0.5, 0.6) is 0 Å². The van der Waals surface area contributed by atoms with Crippen LogP contribution < -0.4 is 5.32 Å². The first kappa shape index (κ1) is 44.7. The number of aliphatic hydroxyl groups is 7. The van der Waals surface area contributed by atoms with E-state index in [-0.39, 0.29) is 12.6 Å². The Morgan fingerprint density at radius 3 is 1.88 bits per heavy atom. The first-order valence-corrected chi connectivity index (χ1v) is 18.4. The summed E-state index contributed by atoms with van der Waals surface area (Å²) in [6, 6.07) is -1.33. The summed E-state index contributed by atoms with van der Waals surface area (Å²) in [5, 5.41) is 75.7. The lowest BCUT2D eigenvalue weighted by Crippen LogP contribution is -2.70. The van der Waals surface area contributed by atoms with Crippen molar-refractivity contribution in [3.05, 3.63) is 0 Å². The number of aliphatic hydroxyl groups excluding tert-OH is 7. The van der Waals surface area contributed by atoms with E-state index in [1.165, 1.54) is 14.0 Å². The second kappa shape index (κ2) is 20.8. The lowest BCUT2D eigenvalue weighted by Gasteiger charge is -2.50. The standard InChI is InChI=1S/C30H53NO20S/c1-14-20(36)22(38)23(39)29(46-14)50-26-19(31-15(2)34)28(45-11-9-7-5-4-6-8-10-18(35)44-3)48-17(13-33)25(26)49-30-24(40)27(51-52(41,42)43)21(37)16(12-32)47-30/h14,16-17,19-30,32-33,36-40H,4-13H2,1-3H3,(H,31,34)(H,41,42,43)/t14-,16+,17+,19+,20+,21-,22+,23-,24+,25-,26+,27-,28+,29-,30-/m0/s1. The summed E-state index contributed by atoms with van der Waals surface area (Å²) < 4.78 is 76.5. The molecule has 3 aliphatic heterocycles. The third-order valence-corrected chi connectivity index (χ3v) is 9.39. The van der Waals surface area contributed by atoms with Crippen molar-refractivity contribution >= 4 is 22.3 Å². The zero-order valence-corrected chi connectivity index (χ0v) is 29.9. The van der Waals surface area contributed by atoms with E-state index in [0.717, 1.165) is 32.6 Å². The molecule has 3 rings (SSSR count). The van der Waals surface area contributed by atoms with Crippen molar-refractivity contribution in [3.8, 4) is 0 Å². The van der Waals surface area contributed by atoms with Gasteiger partial charge in [0, 0.05) is 20.0 Å². The van der Waals surface area contributed by atoms with Crippen LogP contribution in [0.3, 0.4) is 0 Å². The first-order valence-electron chi connectivity index (χ1n) is 17.0. The molecule has 3 fully saturated rings. The molecule has 3 aliphatic rings. The maximum absolute atomic E-state index is 12.5. The highest BCUT2D eigenvalue weighted by molar-refractivity contribution is 7.80. The normalized spacial score (nSPS) is 38.5. The lowest BCUT2D eigenvalue weighted by atomic mass is 9.94. The fraction of sp³-hybridized carbons (Fsp3) is 0.933. The predicted octanol–water partition coefficient (Wildman–Crippen LogP) is -3.65. The molecule has 0 aromatic carbocycles. The average Bonchev–Trinajstić information content (AvgIpc) is 3.09. The van der Waals surface area contributed by atoms with E-state index >= 15 is 0 Å².